The van der Waals surface area contributed by atoms with Crippen molar-refractivity contribution in [2.75, 3.05) is 6.61 Å². The first kappa shape index (κ1) is 12.0. The van der Waals surface area contributed by atoms with Crippen LogP contribution in [-0.4, -0.2) is 6.61 Å². The predicted octanol–water partition coefficient (Wildman–Crippen LogP) is 3.14. The Labute approximate surface area is 64.4 Å². The Morgan fingerprint density at radius 3 is 2.30 bits per heavy atom. The minimum atomic E-state index is 0.732. The van der Waals surface area contributed by atoms with E-state index in [0.29, 0.717) is 0 Å². The standard InChI is InChI=1S/C7H12O.C2H6/c1-4-6-7(3)8-5-2;1-2/h4,6H,1,5H2,2-3H3;1-2H3/b7-6-;. The third-order valence-electron chi connectivity index (χ3n) is 0.725. The molecule has 0 bridgehead atoms. The summed E-state index contributed by atoms with van der Waals surface area (Å²) in [5.41, 5.74) is 0. The van der Waals surface area contributed by atoms with Gasteiger partial charge >= 0.3 is 0 Å². The van der Waals surface area contributed by atoms with Crippen LogP contribution < -0.4 is 0 Å². The summed E-state index contributed by atoms with van der Waals surface area (Å²) in [4.78, 5) is 0. The van der Waals surface area contributed by atoms with Crippen molar-refractivity contribution < 1.29 is 4.74 Å². The minimum Gasteiger partial charge on any atom is -0.499 e. The van der Waals surface area contributed by atoms with E-state index in [1.165, 1.54) is 0 Å². The molecule has 0 N–H and O–H groups in total. The van der Waals surface area contributed by atoms with Crippen LogP contribution in [0.25, 0.3) is 0 Å². The highest BCUT2D eigenvalue weighted by atomic mass is 16.5. The van der Waals surface area contributed by atoms with Gasteiger partial charge in [0, 0.05) is 0 Å². The number of rotatable bonds is 3. The van der Waals surface area contributed by atoms with E-state index in [4.69, 9.17) is 4.74 Å². The summed E-state index contributed by atoms with van der Waals surface area (Å²) < 4.78 is 5.07. The van der Waals surface area contributed by atoms with Gasteiger partial charge in [-0.3, -0.25) is 0 Å². The molecule has 0 heterocycles. The molecule has 0 aromatic rings. The van der Waals surface area contributed by atoms with Crippen LogP contribution in [0, 0.1) is 0 Å². The molecule has 1 heteroatoms. The Hall–Kier alpha value is -0.720. The van der Waals surface area contributed by atoms with Gasteiger partial charge in [-0.15, -0.1) is 0 Å². The van der Waals surface area contributed by atoms with Gasteiger partial charge in [-0.2, -0.15) is 0 Å². The monoisotopic (exact) mass is 142 g/mol. The van der Waals surface area contributed by atoms with Crippen molar-refractivity contribution in [1.29, 1.82) is 0 Å². The van der Waals surface area contributed by atoms with E-state index in [2.05, 4.69) is 6.58 Å². The van der Waals surface area contributed by atoms with Crippen molar-refractivity contribution in [1.82, 2.24) is 0 Å². The van der Waals surface area contributed by atoms with Crippen molar-refractivity contribution in [3.8, 4) is 0 Å². The molecule has 1 nitrogen and oxygen atoms in total. The molecule has 0 aromatic heterocycles. The smallest absolute Gasteiger partial charge is 0.0928 e. The summed E-state index contributed by atoms with van der Waals surface area (Å²) in [6, 6.07) is 0. The van der Waals surface area contributed by atoms with Crippen molar-refractivity contribution >= 4 is 0 Å². The zero-order valence-corrected chi connectivity index (χ0v) is 7.48. The lowest BCUT2D eigenvalue weighted by molar-refractivity contribution is 0.231. The van der Waals surface area contributed by atoms with Crippen LogP contribution in [0.3, 0.4) is 0 Å². The van der Waals surface area contributed by atoms with Gasteiger partial charge in [-0.05, 0) is 19.9 Å². The normalized spacial score (nSPS) is 9.40. The summed E-state index contributed by atoms with van der Waals surface area (Å²) in [6.45, 7) is 12.1. The lowest BCUT2D eigenvalue weighted by Crippen LogP contribution is -1.84. The number of hydrogen-bond donors (Lipinski definition) is 0. The lowest BCUT2D eigenvalue weighted by atomic mass is 10.5. The summed E-state index contributed by atoms with van der Waals surface area (Å²) in [7, 11) is 0. The van der Waals surface area contributed by atoms with Crippen LogP contribution in [0.15, 0.2) is 24.5 Å². The van der Waals surface area contributed by atoms with E-state index < -0.39 is 0 Å². The molecule has 0 saturated carbocycles. The SMILES string of the molecule is C=C/C=C(/C)OCC.CC. The van der Waals surface area contributed by atoms with E-state index in [9.17, 15) is 0 Å². The molecule has 0 rings (SSSR count). The Morgan fingerprint density at radius 2 is 2.00 bits per heavy atom. The second-order valence-corrected chi connectivity index (χ2v) is 1.45. The largest absolute Gasteiger partial charge is 0.499 e. The molecular weight excluding hydrogens is 124 g/mol. The molecule has 0 aliphatic carbocycles. The van der Waals surface area contributed by atoms with Crippen LogP contribution in [0.1, 0.15) is 27.7 Å². The van der Waals surface area contributed by atoms with E-state index >= 15 is 0 Å². The zero-order chi connectivity index (χ0) is 8.41. The Morgan fingerprint density at radius 1 is 1.50 bits per heavy atom. The van der Waals surface area contributed by atoms with Gasteiger partial charge in [0.25, 0.3) is 0 Å². The first-order chi connectivity index (χ1) is 4.81. The highest BCUT2D eigenvalue weighted by molar-refractivity contribution is 5.01. The van der Waals surface area contributed by atoms with Crippen molar-refractivity contribution in [3.05, 3.63) is 24.5 Å². The molecule has 0 spiro atoms. The molecule has 0 fully saturated rings. The number of allylic oxidation sites excluding steroid dienone is 3. The topological polar surface area (TPSA) is 9.23 Å². The zero-order valence-electron chi connectivity index (χ0n) is 7.48. The van der Waals surface area contributed by atoms with Gasteiger partial charge in [-0.1, -0.05) is 26.5 Å². The molecule has 0 aliphatic rings. The van der Waals surface area contributed by atoms with E-state index in [-0.39, 0.29) is 0 Å². The predicted molar refractivity (Wildman–Crippen MR) is 46.9 cm³/mol. The summed E-state index contributed by atoms with van der Waals surface area (Å²) >= 11 is 0. The maximum absolute atomic E-state index is 5.07. The Balaban J connectivity index is 0. The summed E-state index contributed by atoms with van der Waals surface area (Å²) in [5, 5.41) is 0. The van der Waals surface area contributed by atoms with Crippen molar-refractivity contribution in [2.45, 2.75) is 27.7 Å². The second-order valence-electron chi connectivity index (χ2n) is 1.45. The van der Waals surface area contributed by atoms with Gasteiger partial charge in [-0.25, -0.2) is 0 Å². The molecule has 0 aliphatic heterocycles. The molecule has 0 amide bonds. The average Bonchev–Trinajstić information content (AvgIpc) is 1.93. The van der Waals surface area contributed by atoms with E-state index in [1.807, 2.05) is 33.8 Å². The first-order valence-electron chi connectivity index (χ1n) is 3.73. The van der Waals surface area contributed by atoms with Gasteiger partial charge in [0.2, 0.25) is 0 Å². The third kappa shape index (κ3) is 10.3. The van der Waals surface area contributed by atoms with Crippen LogP contribution in [0.2, 0.25) is 0 Å². The van der Waals surface area contributed by atoms with Gasteiger partial charge in [0.05, 0.1) is 12.4 Å². The van der Waals surface area contributed by atoms with Crippen LogP contribution in [-0.2, 0) is 4.74 Å². The highest BCUT2D eigenvalue weighted by Gasteiger charge is 1.79. The fraction of sp³-hybridized carbons (Fsp3) is 0.556. The summed E-state index contributed by atoms with van der Waals surface area (Å²) in [6.07, 6.45) is 3.55. The fourth-order valence-electron chi connectivity index (χ4n) is 0.442. The molecule has 0 radical (unpaired) electrons. The van der Waals surface area contributed by atoms with Crippen molar-refractivity contribution in [3.63, 3.8) is 0 Å². The maximum atomic E-state index is 5.07. The fourth-order valence-corrected chi connectivity index (χ4v) is 0.442. The van der Waals surface area contributed by atoms with Crippen LogP contribution >= 0.6 is 0 Å². The quantitative estimate of drug-likeness (QED) is 0.434. The molecule has 60 valence electrons. The second kappa shape index (κ2) is 11.1. The molecule has 10 heavy (non-hydrogen) atoms. The van der Waals surface area contributed by atoms with Crippen molar-refractivity contribution in [2.24, 2.45) is 0 Å². The average molecular weight is 142 g/mol. The number of ether oxygens (including phenoxy) is 1. The Bertz CT molecular complexity index is 92.9. The van der Waals surface area contributed by atoms with E-state index in [1.54, 1.807) is 6.08 Å². The maximum Gasteiger partial charge on any atom is 0.0928 e. The lowest BCUT2D eigenvalue weighted by Gasteiger charge is -1.98. The van der Waals surface area contributed by atoms with Crippen LogP contribution in [0.5, 0.6) is 0 Å². The Kier molecular flexibility index (Phi) is 13.4. The van der Waals surface area contributed by atoms with Gasteiger partial charge < -0.3 is 4.74 Å². The summed E-state index contributed by atoms with van der Waals surface area (Å²) in [5.74, 6) is 0.919. The van der Waals surface area contributed by atoms with Gasteiger partial charge in [0.15, 0.2) is 0 Å². The molecule has 0 aromatic carbocycles. The van der Waals surface area contributed by atoms with Gasteiger partial charge in [0.1, 0.15) is 0 Å². The van der Waals surface area contributed by atoms with Crippen LogP contribution in [0.4, 0.5) is 0 Å². The first-order valence-corrected chi connectivity index (χ1v) is 3.73. The molecule has 0 saturated heterocycles. The molecular formula is C9H18O. The molecule has 0 atom stereocenters. The number of hydrogen-bond acceptors (Lipinski definition) is 1. The minimum absolute atomic E-state index is 0.732. The highest BCUT2D eigenvalue weighted by Crippen LogP contribution is 1.92. The third-order valence-corrected chi connectivity index (χ3v) is 0.725. The van der Waals surface area contributed by atoms with E-state index in [0.717, 1.165) is 12.4 Å². The molecule has 0 unspecified atom stereocenters.